The Morgan fingerprint density at radius 3 is 2.35 bits per heavy atom. The number of benzene rings is 1. The molecule has 0 atom stereocenters. The molecule has 2 rings (SSSR count). The average molecular weight is 344 g/mol. The molecule has 0 saturated carbocycles. The third kappa shape index (κ3) is 4.05. The molecule has 0 aromatic heterocycles. The average Bonchev–Trinajstić information content (AvgIpc) is 2.53. The number of esters is 1. The maximum Gasteiger partial charge on any atom is 0.303 e. The predicted octanol–water partition coefficient (Wildman–Crippen LogP) is 0.222. The summed E-state index contributed by atoms with van der Waals surface area (Å²) in [5.41, 5.74) is 0. The summed E-state index contributed by atoms with van der Waals surface area (Å²) in [4.78, 5) is 23.5. The number of piperazine rings is 1. The predicted molar refractivity (Wildman–Crippen MR) is 78.4 cm³/mol. The molecule has 0 radical (unpaired) electrons. The fourth-order valence-electron chi connectivity index (χ4n) is 2.23. The molecule has 9 heteroatoms. The second-order valence-corrected chi connectivity index (χ2v) is 6.90. The number of nitrogens with zero attached hydrogens (tertiary/aromatic N) is 2. The summed E-state index contributed by atoms with van der Waals surface area (Å²) in [6.07, 6.45) is 0. The molecule has 1 heterocycles. The minimum atomic E-state index is -3.93. The first kappa shape index (κ1) is 17.4. The van der Waals surface area contributed by atoms with E-state index in [0.717, 1.165) is 10.4 Å². The van der Waals surface area contributed by atoms with E-state index in [1.54, 1.807) is 0 Å². The Bertz CT molecular complexity index is 699. The first-order valence-corrected chi connectivity index (χ1v) is 8.42. The van der Waals surface area contributed by atoms with Crippen molar-refractivity contribution in [2.24, 2.45) is 0 Å². The van der Waals surface area contributed by atoms with E-state index in [9.17, 15) is 22.4 Å². The summed E-state index contributed by atoms with van der Waals surface area (Å²) < 4.78 is 44.3. The molecule has 1 aromatic carbocycles. The highest BCUT2D eigenvalue weighted by Crippen LogP contribution is 2.20. The molecule has 1 aromatic rings. The van der Waals surface area contributed by atoms with Gasteiger partial charge in [0.2, 0.25) is 10.0 Å². The van der Waals surface area contributed by atoms with Gasteiger partial charge in [0.05, 0.1) is 0 Å². The standard InChI is InChI=1S/C14H17FN2O5S/c1-11(18)22-10-14(19)16-6-8-17(9-7-16)23(20,21)13-5-3-2-4-12(13)15/h2-5H,6-10H2,1H3. The van der Waals surface area contributed by atoms with Crippen molar-refractivity contribution >= 4 is 21.9 Å². The number of halogens is 1. The van der Waals surface area contributed by atoms with Crippen LogP contribution in [0.1, 0.15) is 6.92 Å². The van der Waals surface area contributed by atoms with Gasteiger partial charge in [0.15, 0.2) is 6.61 Å². The Hall–Kier alpha value is -2.00. The first-order valence-electron chi connectivity index (χ1n) is 6.98. The molecular formula is C14H17FN2O5S. The van der Waals surface area contributed by atoms with Crippen molar-refractivity contribution in [3.63, 3.8) is 0 Å². The van der Waals surface area contributed by atoms with Crippen LogP contribution in [0.25, 0.3) is 0 Å². The lowest BCUT2D eigenvalue weighted by atomic mass is 10.3. The molecule has 1 fully saturated rings. The maximum atomic E-state index is 13.7. The van der Waals surface area contributed by atoms with Crippen LogP contribution >= 0.6 is 0 Å². The second kappa shape index (κ2) is 7.05. The minimum Gasteiger partial charge on any atom is -0.456 e. The van der Waals surface area contributed by atoms with Gasteiger partial charge in [-0.05, 0) is 12.1 Å². The third-order valence-electron chi connectivity index (χ3n) is 3.44. The van der Waals surface area contributed by atoms with Gasteiger partial charge in [-0.1, -0.05) is 12.1 Å². The molecule has 1 saturated heterocycles. The SMILES string of the molecule is CC(=O)OCC(=O)N1CCN(S(=O)(=O)c2ccccc2F)CC1. The number of carbonyl (C=O) groups is 2. The minimum absolute atomic E-state index is 0.0580. The number of hydrogen-bond acceptors (Lipinski definition) is 5. The molecule has 0 bridgehead atoms. The van der Waals surface area contributed by atoms with E-state index >= 15 is 0 Å². The normalized spacial score (nSPS) is 16.2. The molecule has 1 aliphatic rings. The van der Waals surface area contributed by atoms with Crippen LogP contribution in [0.4, 0.5) is 4.39 Å². The maximum absolute atomic E-state index is 13.7. The molecule has 0 aliphatic carbocycles. The van der Waals surface area contributed by atoms with E-state index in [-0.39, 0.29) is 43.6 Å². The van der Waals surface area contributed by atoms with Crippen LogP contribution in [0.3, 0.4) is 0 Å². The van der Waals surface area contributed by atoms with E-state index in [0.29, 0.717) is 0 Å². The zero-order valence-corrected chi connectivity index (χ0v) is 13.4. The zero-order valence-electron chi connectivity index (χ0n) is 12.6. The molecule has 7 nitrogen and oxygen atoms in total. The molecular weight excluding hydrogens is 327 g/mol. The Labute approximate surface area is 133 Å². The van der Waals surface area contributed by atoms with Gasteiger partial charge in [0.25, 0.3) is 5.91 Å². The van der Waals surface area contributed by atoms with Crippen molar-refractivity contribution in [2.75, 3.05) is 32.8 Å². The van der Waals surface area contributed by atoms with E-state index in [2.05, 4.69) is 4.74 Å². The van der Waals surface area contributed by atoms with Crippen LogP contribution in [0, 0.1) is 5.82 Å². The molecule has 1 amide bonds. The molecule has 1 aliphatic heterocycles. The highest BCUT2D eigenvalue weighted by Gasteiger charge is 2.31. The van der Waals surface area contributed by atoms with Crippen molar-refractivity contribution in [3.8, 4) is 0 Å². The topological polar surface area (TPSA) is 84.0 Å². The molecule has 0 N–H and O–H groups in total. The lowest BCUT2D eigenvalue weighted by molar-refractivity contribution is -0.150. The van der Waals surface area contributed by atoms with Crippen LogP contribution in [0.2, 0.25) is 0 Å². The molecule has 126 valence electrons. The van der Waals surface area contributed by atoms with E-state index < -0.39 is 21.8 Å². The Kier molecular flexibility index (Phi) is 5.32. The van der Waals surface area contributed by atoms with Gasteiger partial charge in [0.1, 0.15) is 10.7 Å². The number of amides is 1. The summed E-state index contributed by atoms with van der Waals surface area (Å²) in [5.74, 6) is -1.75. The molecule has 0 spiro atoms. The Morgan fingerprint density at radius 2 is 1.78 bits per heavy atom. The number of rotatable bonds is 4. The van der Waals surface area contributed by atoms with Crippen molar-refractivity contribution in [1.82, 2.24) is 9.21 Å². The fraction of sp³-hybridized carbons (Fsp3) is 0.429. The monoisotopic (exact) mass is 344 g/mol. The van der Waals surface area contributed by atoms with E-state index in [4.69, 9.17) is 0 Å². The van der Waals surface area contributed by atoms with Crippen LogP contribution in [0.5, 0.6) is 0 Å². The summed E-state index contributed by atoms with van der Waals surface area (Å²) in [6.45, 7) is 1.27. The second-order valence-electron chi connectivity index (χ2n) is 5.00. The summed E-state index contributed by atoms with van der Waals surface area (Å²) >= 11 is 0. The lowest BCUT2D eigenvalue weighted by Crippen LogP contribution is -2.51. The van der Waals surface area contributed by atoms with Crippen molar-refractivity contribution in [3.05, 3.63) is 30.1 Å². The van der Waals surface area contributed by atoms with Gasteiger partial charge in [-0.3, -0.25) is 9.59 Å². The number of sulfonamides is 1. The van der Waals surface area contributed by atoms with Crippen LogP contribution in [-0.2, 0) is 24.3 Å². The van der Waals surface area contributed by atoms with Gasteiger partial charge in [-0.25, -0.2) is 12.8 Å². The highest BCUT2D eigenvalue weighted by molar-refractivity contribution is 7.89. The van der Waals surface area contributed by atoms with Crippen molar-refractivity contribution < 1.29 is 27.1 Å². The molecule has 0 unspecified atom stereocenters. The van der Waals surface area contributed by atoms with E-state index in [1.165, 1.54) is 30.0 Å². The van der Waals surface area contributed by atoms with Gasteiger partial charge in [-0.2, -0.15) is 4.31 Å². The first-order chi connectivity index (χ1) is 10.8. The third-order valence-corrected chi connectivity index (χ3v) is 5.38. The zero-order chi connectivity index (χ0) is 17.0. The summed E-state index contributed by atoms with van der Waals surface area (Å²) in [5, 5.41) is 0. The highest BCUT2D eigenvalue weighted by atomic mass is 32.2. The van der Waals surface area contributed by atoms with Gasteiger partial charge in [0, 0.05) is 33.1 Å². The van der Waals surface area contributed by atoms with Gasteiger partial charge < -0.3 is 9.64 Å². The number of hydrogen-bond donors (Lipinski definition) is 0. The largest absolute Gasteiger partial charge is 0.456 e. The Morgan fingerprint density at radius 1 is 1.17 bits per heavy atom. The van der Waals surface area contributed by atoms with Crippen molar-refractivity contribution in [1.29, 1.82) is 0 Å². The molecule has 23 heavy (non-hydrogen) atoms. The smallest absolute Gasteiger partial charge is 0.303 e. The van der Waals surface area contributed by atoms with Crippen molar-refractivity contribution in [2.45, 2.75) is 11.8 Å². The van der Waals surface area contributed by atoms with Crippen LogP contribution in [-0.4, -0.2) is 62.3 Å². The van der Waals surface area contributed by atoms with Crippen LogP contribution in [0.15, 0.2) is 29.2 Å². The van der Waals surface area contributed by atoms with Crippen LogP contribution < -0.4 is 0 Å². The number of ether oxygens (including phenoxy) is 1. The lowest BCUT2D eigenvalue weighted by Gasteiger charge is -2.33. The quantitative estimate of drug-likeness (QED) is 0.730. The summed E-state index contributed by atoms with van der Waals surface area (Å²) in [6, 6.07) is 5.17. The van der Waals surface area contributed by atoms with Gasteiger partial charge in [-0.15, -0.1) is 0 Å². The van der Waals surface area contributed by atoms with E-state index in [1.807, 2.05) is 0 Å². The number of carbonyl (C=O) groups excluding carboxylic acids is 2. The summed E-state index contributed by atoms with van der Waals surface area (Å²) in [7, 11) is -3.93. The Balaban J connectivity index is 2.00. The van der Waals surface area contributed by atoms with Gasteiger partial charge >= 0.3 is 5.97 Å². The fourth-order valence-corrected chi connectivity index (χ4v) is 3.71.